The number of amides is 3. The van der Waals surface area contributed by atoms with Crippen LogP contribution in [0.1, 0.15) is 33.9 Å². The lowest BCUT2D eigenvalue weighted by molar-refractivity contribution is -0.130. The van der Waals surface area contributed by atoms with Crippen LogP contribution in [0, 0.1) is 0 Å². The van der Waals surface area contributed by atoms with Crippen LogP contribution < -0.4 is 10.6 Å². The third-order valence-electron chi connectivity index (χ3n) is 5.89. The van der Waals surface area contributed by atoms with Gasteiger partial charge in [0.25, 0.3) is 5.91 Å². The molecule has 3 amide bonds. The van der Waals surface area contributed by atoms with Gasteiger partial charge < -0.3 is 15.5 Å². The highest BCUT2D eigenvalue weighted by molar-refractivity contribution is 7.99. The van der Waals surface area contributed by atoms with E-state index in [1.807, 2.05) is 89.5 Å². The maximum atomic E-state index is 12.9. The average Bonchev–Trinajstić information content (AvgIpc) is 2.91. The lowest BCUT2D eigenvalue weighted by Gasteiger charge is -2.26. The highest BCUT2D eigenvalue weighted by Gasteiger charge is 2.20. The first-order valence-electron chi connectivity index (χ1n) is 11.7. The fraction of sp³-hybridized carbons (Fsp3) is 0.250. The van der Waals surface area contributed by atoms with Gasteiger partial charge >= 0.3 is 0 Å². The van der Waals surface area contributed by atoms with Crippen molar-refractivity contribution in [1.82, 2.24) is 10.2 Å². The minimum atomic E-state index is -0.469. The normalized spacial score (nSPS) is 14.1. The van der Waals surface area contributed by atoms with Gasteiger partial charge in [-0.3, -0.25) is 14.4 Å². The summed E-state index contributed by atoms with van der Waals surface area (Å²) in [6.45, 7) is 1.61. The van der Waals surface area contributed by atoms with Crippen molar-refractivity contribution in [2.24, 2.45) is 0 Å². The Morgan fingerprint density at radius 1 is 0.829 bits per heavy atom. The van der Waals surface area contributed by atoms with E-state index in [4.69, 9.17) is 0 Å². The van der Waals surface area contributed by atoms with Crippen molar-refractivity contribution < 1.29 is 14.4 Å². The minimum Gasteiger partial charge on any atom is -0.345 e. The zero-order valence-electron chi connectivity index (χ0n) is 19.5. The van der Waals surface area contributed by atoms with E-state index in [1.54, 1.807) is 12.1 Å². The Morgan fingerprint density at radius 2 is 1.46 bits per heavy atom. The summed E-state index contributed by atoms with van der Waals surface area (Å²) >= 11 is 1.88. The number of carbonyl (C=O) groups is 3. The van der Waals surface area contributed by atoms with E-state index >= 15 is 0 Å². The fourth-order valence-corrected chi connectivity index (χ4v) is 4.87. The molecule has 1 unspecified atom stereocenters. The predicted molar refractivity (Wildman–Crippen MR) is 140 cm³/mol. The number of hydrogen-bond acceptors (Lipinski definition) is 4. The van der Waals surface area contributed by atoms with Gasteiger partial charge in [0.05, 0.1) is 18.9 Å². The molecule has 2 N–H and O–H groups in total. The molecule has 0 spiro atoms. The number of carbonyl (C=O) groups excluding carboxylic acids is 3. The largest absolute Gasteiger partial charge is 0.345 e. The molecule has 6 nitrogen and oxygen atoms in total. The number of benzene rings is 3. The highest BCUT2D eigenvalue weighted by atomic mass is 32.2. The van der Waals surface area contributed by atoms with Crippen LogP contribution in [0.15, 0.2) is 84.9 Å². The quantitative estimate of drug-likeness (QED) is 0.497. The van der Waals surface area contributed by atoms with Crippen molar-refractivity contribution in [2.75, 3.05) is 29.9 Å². The highest BCUT2D eigenvalue weighted by Crippen LogP contribution is 2.20. The maximum Gasteiger partial charge on any atom is 0.251 e. The Hall–Kier alpha value is -3.58. The Morgan fingerprint density at radius 3 is 2.11 bits per heavy atom. The van der Waals surface area contributed by atoms with Gasteiger partial charge in [-0.25, -0.2) is 0 Å². The van der Waals surface area contributed by atoms with E-state index in [-0.39, 0.29) is 24.1 Å². The lowest BCUT2D eigenvalue weighted by Crippen LogP contribution is -2.38. The van der Waals surface area contributed by atoms with Crippen molar-refractivity contribution in [2.45, 2.75) is 18.9 Å². The molecule has 1 aliphatic rings. The zero-order chi connectivity index (χ0) is 24.5. The molecule has 0 radical (unpaired) electrons. The molecule has 0 aromatic heterocycles. The number of anilines is 1. The number of nitrogens with zero attached hydrogens (tertiary/aromatic N) is 1. The molecule has 1 atom stereocenters. The average molecular weight is 488 g/mol. The zero-order valence-corrected chi connectivity index (χ0v) is 20.3. The first kappa shape index (κ1) is 24.5. The number of thioether (sulfide) groups is 1. The Kier molecular flexibility index (Phi) is 8.57. The van der Waals surface area contributed by atoms with Gasteiger partial charge in [0.15, 0.2) is 0 Å². The molecule has 3 aromatic rings. The summed E-state index contributed by atoms with van der Waals surface area (Å²) in [6.07, 6.45) is 0.455. The molecule has 1 saturated heterocycles. The molecular weight excluding hydrogens is 458 g/mol. The fourth-order valence-electron chi connectivity index (χ4n) is 3.97. The van der Waals surface area contributed by atoms with Crippen LogP contribution in [0.25, 0.3) is 0 Å². The molecule has 0 saturated carbocycles. The Bertz CT molecular complexity index is 1130. The Labute approximate surface area is 210 Å². The third-order valence-corrected chi connectivity index (χ3v) is 6.83. The molecule has 1 fully saturated rings. The van der Waals surface area contributed by atoms with Gasteiger partial charge in [0.1, 0.15) is 0 Å². The van der Waals surface area contributed by atoms with Gasteiger partial charge in [-0.1, -0.05) is 60.7 Å². The number of nitrogens with one attached hydrogen (secondary N) is 2. The molecule has 0 bridgehead atoms. The summed E-state index contributed by atoms with van der Waals surface area (Å²) in [5.41, 5.74) is 2.98. The van der Waals surface area contributed by atoms with Crippen LogP contribution >= 0.6 is 11.8 Å². The Balaban J connectivity index is 1.36. The van der Waals surface area contributed by atoms with E-state index < -0.39 is 6.04 Å². The van der Waals surface area contributed by atoms with Crippen molar-refractivity contribution in [3.63, 3.8) is 0 Å². The van der Waals surface area contributed by atoms with E-state index in [2.05, 4.69) is 10.6 Å². The molecular formula is C28H29N3O3S. The van der Waals surface area contributed by atoms with E-state index in [1.165, 1.54) is 0 Å². The van der Waals surface area contributed by atoms with Crippen LogP contribution in [0.4, 0.5) is 5.69 Å². The number of rotatable bonds is 8. The van der Waals surface area contributed by atoms with Crippen LogP contribution in [0.3, 0.4) is 0 Å². The monoisotopic (exact) mass is 487 g/mol. The van der Waals surface area contributed by atoms with Crippen molar-refractivity contribution >= 4 is 35.2 Å². The SMILES string of the molecule is O=C(CC(NC(=O)c1ccccc1)c1ccccc1)Nc1ccc(CC(=O)N2CCSCC2)cc1. The van der Waals surface area contributed by atoms with E-state index in [9.17, 15) is 14.4 Å². The first-order chi connectivity index (χ1) is 17.1. The minimum absolute atomic E-state index is 0.0931. The molecule has 3 aromatic carbocycles. The summed E-state index contributed by atoms with van der Waals surface area (Å²) in [5, 5.41) is 5.90. The van der Waals surface area contributed by atoms with Crippen LogP contribution in [0.2, 0.25) is 0 Å². The molecule has 1 aliphatic heterocycles. The van der Waals surface area contributed by atoms with Crippen LogP contribution in [-0.2, 0) is 16.0 Å². The van der Waals surface area contributed by atoms with Gasteiger partial charge in [0.2, 0.25) is 11.8 Å². The van der Waals surface area contributed by atoms with Crippen molar-refractivity contribution in [3.05, 3.63) is 102 Å². The topological polar surface area (TPSA) is 78.5 Å². The van der Waals surface area contributed by atoms with E-state index in [0.29, 0.717) is 17.7 Å². The second-order valence-corrected chi connectivity index (χ2v) is 9.65. The van der Waals surface area contributed by atoms with Gasteiger partial charge in [-0.2, -0.15) is 11.8 Å². The van der Waals surface area contributed by atoms with Crippen molar-refractivity contribution in [1.29, 1.82) is 0 Å². The third kappa shape index (κ3) is 7.20. The number of hydrogen-bond donors (Lipinski definition) is 2. The summed E-state index contributed by atoms with van der Waals surface area (Å²) in [7, 11) is 0. The smallest absolute Gasteiger partial charge is 0.251 e. The van der Waals surface area contributed by atoms with Crippen molar-refractivity contribution in [3.8, 4) is 0 Å². The van der Waals surface area contributed by atoms with Gasteiger partial charge in [0, 0.05) is 35.8 Å². The summed E-state index contributed by atoms with van der Waals surface area (Å²) in [6, 6.07) is 25.3. The molecule has 180 valence electrons. The van der Waals surface area contributed by atoms with Crippen LogP contribution in [-0.4, -0.2) is 47.2 Å². The summed E-state index contributed by atoms with van der Waals surface area (Å²) in [4.78, 5) is 40.0. The first-order valence-corrected chi connectivity index (χ1v) is 12.9. The maximum absolute atomic E-state index is 12.9. The van der Waals surface area contributed by atoms with E-state index in [0.717, 1.165) is 35.7 Å². The van der Waals surface area contributed by atoms with Gasteiger partial charge in [-0.15, -0.1) is 0 Å². The standard InChI is InChI=1S/C28H29N3O3S/c32-26(29-24-13-11-21(12-14-24)19-27(33)31-15-17-35-18-16-31)20-25(22-7-3-1-4-8-22)30-28(34)23-9-5-2-6-10-23/h1-14,25H,15-20H2,(H,29,32)(H,30,34). The lowest BCUT2D eigenvalue weighted by atomic mass is 10.0. The summed E-state index contributed by atoms with van der Waals surface area (Å²) < 4.78 is 0. The molecule has 4 rings (SSSR count). The second-order valence-electron chi connectivity index (χ2n) is 8.42. The summed E-state index contributed by atoms with van der Waals surface area (Å²) in [5.74, 6) is 1.69. The van der Waals surface area contributed by atoms with Gasteiger partial charge in [-0.05, 0) is 35.4 Å². The molecule has 35 heavy (non-hydrogen) atoms. The predicted octanol–water partition coefficient (Wildman–Crippen LogP) is 4.30. The molecule has 1 heterocycles. The van der Waals surface area contributed by atoms with Crippen LogP contribution in [0.5, 0.6) is 0 Å². The molecule has 7 heteroatoms. The second kappa shape index (κ2) is 12.2. The molecule has 0 aliphatic carbocycles.